The third kappa shape index (κ3) is 1.01. The fraction of sp³-hybridized carbons (Fsp3) is 0.0833. The van der Waals surface area contributed by atoms with E-state index in [1.54, 1.807) is 0 Å². The van der Waals surface area contributed by atoms with Crippen LogP contribution in [-0.4, -0.2) is 6.21 Å². The average molecular weight is 182 g/mol. The van der Waals surface area contributed by atoms with Crippen LogP contribution in [-0.2, 0) is 6.42 Å². The van der Waals surface area contributed by atoms with Crippen LogP contribution in [0.4, 0.5) is 5.69 Å². The maximum Gasteiger partial charge on any atom is 0.0602 e. The molecule has 68 valence electrons. The summed E-state index contributed by atoms with van der Waals surface area (Å²) in [6.45, 7) is 0. The number of hydrogen-bond acceptors (Lipinski definition) is 2. The molecule has 1 aromatic rings. The molecule has 14 heavy (non-hydrogen) atoms. The second-order valence-electron chi connectivity index (χ2n) is 3.41. The van der Waals surface area contributed by atoms with Gasteiger partial charge in [0.2, 0.25) is 0 Å². The number of para-hydroxylation sites is 1. The van der Waals surface area contributed by atoms with Crippen LogP contribution in [0.3, 0.4) is 0 Å². The predicted octanol–water partition coefficient (Wildman–Crippen LogP) is 2.49. The number of allylic oxidation sites excluding steroid dienone is 2. The summed E-state index contributed by atoms with van der Waals surface area (Å²) in [5.74, 6) is 0. The number of anilines is 1. The van der Waals surface area contributed by atoms with Crippen molar-refractivity contribution in [3.63, 3.8) is 0 Å². The minimum atomic E-state index is 1.00. The minimum Gasteiger partial charge on any atom is -0.314 e. The summed E-state index contributed by atoms with van der Waals surface area (Å²) in [5, 5.41) is 0. The third-order valence-corrected chi connectivity index (χ3v) is 2.57. The highest BCUT2D eigenvalue weighted by atomic mass is 15.2. The van der Waals surface area contributed by atoms with Gasteiger partial charge in [-0.15, -0.1) is 0 Å². The van der Waals surface area contributed by atoms with Crippen molar-refractivity contribution in [1.29, 1.82) is 0 Å². The molecule has 0 unspecified atom stereocenters. The van der Waals surface area contributed by atoms with E-state index in [-0.39, 0.29) is 0 Å². The van der Waals surface area contributed by atoms with Gasteiger partial charge in [-0.2, -0.15) is 0 Å². The third-order valence-electron chi connectivity index (χ3n) is 2.57. The van der Waals surface area contributed by atoms with Crippen molar-refractivity contribution in [3.8, 4) is 0 Å². The zero-order chi connectivity index (χ0) is 9.38. The van der Waals surface area contributed by atoms with Gasteiger partial charge in [0.1, 0.15) is 0 Å². The second-order valence-corrected chi connectivity index (χ2v) is 3.41. The number of fused-ring (bicyclic) bond motifs is 3. The van der Waals surface area contributed by atoms with Gasteiger partial charge >= 0.3 is 0 Å². The lowest BCUT2D eigenvalue weighted by Gasteiger charge is -2.28. The van der Waals surface area contributed by atoms with E-state index in [0.29, 0.717) is 0 Å². The molecule has 2 heterocycles. The molecular formula is C12H10N2. The highest BCUT2D eigenvalue weighted by molar-refractivity contribution is 5.89. The molecule has 0 amide bonds. The zero-order valence-corrected chi connectivity index (χ0v) is 7.72. The Hall–Kier alpha value is -1.83. The molecule has 0 N–H and O–H groups in total. The van der Waals surface area contributed by atoms with Crippen molar-refractivity contribution >= 4 is 11.9 Å². The molecule has 0 fully saturated rings. The Morgan fingerprint density at radius 1 is 1.21 bits per heavy atom. The van der Waals surface area contributed by atoms with E-state index >= 15 is 0 Å². The van der Waals surface area contributed by atoms with Gasteiger partial charge in [-0.25, -0.2) is 0 Å². The van der Waals surface area contributed by atoms with E-state index in [2.05, 4.69) is 40.2 Å². The van der Waals surface area contributed by atoms with Crippen molar-refractivity contribution in [2.45, 2.75) is 6.42 Å². The van der Waals surface area contributed by atoms with Crippen LogP contribution in [0, 0.1) is 0 Å². The Morgan fingerprint density at radius 3 is 3.14 bits per heavy atom. The number of hydrogen-bond donors (Lipinski definition) is 0. The lowest BCUT2D eigenvalue weighted by molar-refractivity contribution is 1.08. The lowest BCUT2D eigenvalue weighted by atomic mass is 10.0. The van der Waals surface area contributed by atoms with Gasteiger partial charge in [-0.05, 0) is 18.1 Å². The molecule has 2 heteroatoms. The molecule has 0 aromatic heterocycles. The standard InChI is InChI=1S/C12H10N2/c1-2-4-12-10(3-1)5-6-11-9-13-7-8-14(11)12/h1-4,6-9H,5H2. The largest absolute Gasteiger partial charge is 0.314 e. The van der Waals surface area contributed by atoms with Crippen LogP contribution in [0.1, 0.15) is 5.56 Å². The molecule has 2 nitrogen and oxygen atoms in total. The van der Waals surface area contributed by atoms with Crippen LogP contribution in [0.25, 0.3) is 0 Å². The second kappa shape index (κ2) is 2.84. The SMILES string of the molecule is C1=CN2C(=CCc3ccccc32)C=N1. The molecule has 0 radical (unpaired) electrons. The Morgan fingerprint density at radius 2 is 2.14 bits per heavy atom. The Bertz CT molecular complexity index is 455. The number of benzene rings is 1. The smallest absolute Gasteiger partial charge is 0.0602 e. The summed E-state index contributed by atoms with van der Waals surface area (Å²) in [6.07, 6.45) is 8.93. The van der Waals surface area contributed by atoms with Gasteiger partial charge in [0.05, 0.1) is 11.9 Å². The molecule has 2 aliphatic heterocycles. The molecule has 2 aliphatic rings. The molecule has 0 atom stereocenters. The van der Waals surface area contributed by atoms with Crippen LogP contribution in [0.5, 0.6) is 0 Å². The lowest BCUT2D eigenvalue weighted by Crippen LogP contribution is -2.22. The van der Waals surface area contributed by atoms with Crippen molar-refractivity contribution in [3.05, 3.63) is 54.0 Å². The topological polar surface area (TPSA) is 15.6 Å². The van der Waals surface area contributed by atoms with Gasteiger partial charge in [0.25, 0.3) is 0 Å². The Balaban J connectivity index is 2.15. The summed E-state index contributed by atoms with van der Waals surface area (Å²) < 4.78 is 0. The molecule has 0 aliphatic carbocycles. The van der Waals surface area contributed by atoms with Crippen LogP contribution < -0.4 is 4.90 Å². The summed E-state index contributed by atoms with van der Waals surface area (Å²) in [5.41, 5.74) is 3.81. The van der Waals surface area contributed by atoms with E-state index in [1.165, 1.54) is 16.9 Å². The number of aliphatic imine (C=N–C) groups is 1. The zero-order valence-electron chi connectivity index (χ0n) is 7.72. The summed E-state index contributed by atoms with van der Waals surface area (Å²) >= 11 is 0. The summed E-state index contributed by atoms with van der Waals surface area (Å²) in [4.78, 5) is 6.29. The molecule has 1 aromatic carbocycles. The molecule has 0 spiro atoms. The van der Waals surface area contributed by atoms with Gasteiger partial charge in [0, 0.05) is 18.1 Å². The van der Waals surface area contributed by atoms with E-state index in [1.807, 2.05) is 18.6 Å². The van der Waals surface area contributed by atoms with Crippen LogP contribution in [0.2, 0.25) is 0 Å². The normalized spacial score (nSPS) is 17.4. The van der Waals surface area contributed by atoms with E-state index in [0.717, 1.165) is 6.42 Å². The highest BCUT2D eigenvalue weighted by Crippen LogP contribution is 2.29. The monoisotopic (exact) mass is 182 g/mol. The van der Waals surface area contributed by atoms with Crippen LogP contribution in [0.15, 0.2) is 53.4 Å². The van der Waals surface area contributed by atoms with Crippen molar-refractivity contribution in [1.82, 2.24) is 0 Å². The van der Waals surface area contributed by atoms with Gasteiger partial charge in [-0.3, -0.25) is 4.99 Å². The molecule has 3 rings (SSSR count). The van der Waals surface area contributed by atoms with E-state index in [4.69, 9.17) is 0 Å². The van der Waals surface area contributed by atoms with Gasteiger partial charge < -0.3 is 4.90 Å². The van der Waals surface area contributed by atoms with Crippen LogP contribution >= 0.6 is 0 Å². The first-order valence-corrected chi connectivity index (χ1v) is 4.72. The number of rotatable bonds is 0. The molecular weight excluding hydrogens is 172 g/mol. The molecule has 0 saturated carbocycles. The Labute approximate surface area is 82.9 Å². The number of nitrogens with zero attached hydrogens (tertiary/aromatic N) is 2. The van der Waals surface area contributed by atoms with Crippen molar-refractivity contribution in [2.75, 3.05) is 4.90 Å². The van der Waals surface area contributed by atoms with E-state index < -0.39 is 0 Å². The molecule has 0 bridgehead atoms. The average Bonchev–Trinajstić information content (AvgIpc) is 2.29. The maximum atomic E-state index is 4.12. The summed E-state index contributed by atoms with van der Waals surface area (Å²) in [7, 11) is 0. The maximum absolute atomic E-state index is 4.12. The van der Waals surface area contributed by atoms with E-state index in [9.17, 15) is 0 Å². The predicted molar refractivity (Wildman–Crippen MR) is 58.3 cm³/mol. The quantitative estimate of drug-likeness (QED) is 0.602. The molecule has 0 saturated heterocycles. The van der Waals surface area contributed by atoms with Crippen molar-refractivity contribution in [2.24, 2.45) is 4.99 Å². The fourth-order valence-corrected chi connectivity index (χ4v) is 1.88. The highest BCUT2D eigenvalue weighted by Gasteiger charge is 2.17. The first-order chi connectivity index (χ1) is 6.95. The van der Waals surface area contributed by atoms with Gasteiger partial charge in [0.15, 0.2) is 0 Å². The van der Waals surface area contributed by atoms with Crippen molar-refractivity contribution < 1.29 is 0 Å². The fourth-order valence-electron chi connectivity index (χ4n) is 1.88. The first kappa shape index (κ1) is 7.56. The first-order valence-electron chi connectivity index (χ1n) is 4.72. The van der Waals surface area contributed by atoms with Gasteiger partial charge in [-0.1, -0.05) is 24.3 Å². The minimum absolute atomic E-state index is 1.00. The summed E-state index contributed by atoms with van der Waals surface area (Å²) in [6, 6.07) is 8.47. The Kier molecular flexibility index (Phi) is 1.53.